The van der Waals surface area contributed by atoms with Gasteiger partial charge in [0.25, 0.3) is 0 Å². The lowest BCUT2D eigenvalue weighted by molar-refractivity contribution is -0.115. The van der Waals surface area contributed by atoms with Crippen LogP contribution in [-0.2, 0) is 4.79 Å². The number of amides is 1. The fraction of sp³-hybridized carbons (Fsp3) is 0.250. The molecule has 0 heterocycles. The van der Waals surface area contributed by atoms with E-state index in [1.54, 1.807) is 14.1 Å². The second kappa shape index (κ2) is 9.28. The molecule has 0 spiro atoms. The molecular formula is C12H16ClNO. The lowest BCUT2D eigenvalue weighted by Gasteiger charge is -1.93. The minimum atomic E-state index is 0.578. The summed E-state index contributed by atoms with van der Waals surface area (Å²) in [4.78, 5) is 10.9. The second-order valence-electron chi connectivity index (χ2n) is 3.04. The number of halogens is 1. The molecule has 0 unspecified atom stereocenters. The standard InChI is InChI=1S/C9H9Cl.C3H7NO/c10-8-4-7-9-5-2-1-3-6-9;1-4(2)3-5/h1-7H,8H2;3H,1-2H3. The minimum absolute atomic E-state index is 0.578. The Labute approximate surface area is 96.2 Å². The van der Waals surface area contributed by atoms with Crippen molar-refractivity contribution in [2.24, 2.45) is 0 Å². The van der Waals surface area contributed by atoms with E-state index >= 15 is 0 Å². The van der Waals surface area contributed by atoms with Gasteiger partial charge in [0.15, 0.2) is 0 Å². The summed E-state index contributed by atoms with van der Waals surface area (Å²) in [5.74, 6) is 0.578. The van der Waals surface area contributed by atoms with E-state index in [1.165, 1.54) is 10.5 Å². The SMILES string of the molecule is CN(C)C=O.ClCC=Cc1ccccc1. The van der Waals surface area contributed by atoms with Gasteiger partial charge in [0.2, 0.25) is 6.41 Å². The van der Waals surface area contributed by atoms with Crippen LogP contribution in [0.5, 0.6) is 0 Å². The Hall–Kier alpha value is -1.28. The maximum Gasteiger partial charge on any atom is 0.209 e. The summed E-state index contributed by atoms with van der Waals surface area (Å²) >= 11 is 5.46. The third-order valence-electron chi connectivity index (χ3n) is 1.41. The van der Waals surface area contributed by atoms with Crippen LogP contribution < -0.4 is 0 Å². The molecule has 0 N–H and O–H groups in total. The van der Waals surface area contributed by atoms with Gasteiger partial charge in [-0.2, -0.15) is 0 Å². The average molecular weight is 226 g/mol. The topological polar surface area (TPSA) is 20.3 Å². The highest BCUT2D eigenvalue weighted by Crippen LogP contribution is 2.00. The van der Waals surface area contributed by atoms with E-state index < -0.39 is 0 Å². The summed E-state index contributed by atoms with van der Waals surface area (Å²) in [5.41, 5.74) is 1.20. The van der Waals surface area contributed by atoms with E-state index in [-0.39, 0.29) is 0 Å². The lowest BCUT2D eigenvalue weighted by atomic mass is 10.2. The zero-order valence-electron chi connectivity index (χ0n) is 9.06. The van der Waals surface area contributed by atoms with Crippen LogP contribution in [0.25, 0.3) is 6.08 Å². The lowest BCUT2D eigenvalue weighted by Crippen LogP contribution is -2.06. The third-order valence-corrected chi connectivity index (χ3v) is 1.59. The van der Waals surface area contributed by atoms with E-state index in [9.17, 15) is 4.79 Å². The van der Waals surface area contributed by atoms with Gasteiger partial charge in [-0.05, 0) is 5.56 Å². The molecule has 0 saturated carbocycles. The van der Waals surface area contributed by atoms with Crippen molar-refractivity contribution in [3.8, 4) is 0 Å². The first-order valence-electron chi connectivity index (χ1n) is 4.60. The summed E-state index contributed by atoms with van der Waals surface area (Å²) < 4.78 is 0. The number of benzene rings is 1. The van der Waals surface area contributed by atoms with Crippen LogP contribution in [-0.4, -0.2) is 31.3 Å². The van der Waals surface area contributed by atoms with Crippen LogP contribution in [0, 0.1) is 0 Å². The number of carbonyl (C=O) groups excluding carboxylic acids is 1. The monoisotopic (exact) mass is 225 g/mol. The minimum Gasteiger partial charge on any atom is -0.351 e. The largest absolute Gasteiger partial charge is 0.351 e. The quantitative estimate of drug-likeness (QED) is 0.572. The first kappa shape index (κ1) is 13.7. The van der Waals surface area contributed by atoms with Crippen molar-refractivity contribution < 1.29 is 4.79 Å². The van der Waals surface area contributed by atoms with E-state index in [2.05, 4.69) is 0 Å². The van der Waals surface area contributed by atoms with E-state index in [0.29, 0.717) is 5.88 Å². The van der Waals surface area contributed by atoms with Gasteiger partial charge in [0, 0.05) is 20.0 Å². The molecule has 1 aromatic rings. The number of allylic oxidation sites excluding steroid dienone is 1. The Balaban J connectivity index is 0.000000336. The zero-order valence-corrected chi connectivity index (χ0v) is 9.82. The molecule has 0 aliphatic carbocycles. The fourth-order valence-corrected chi connectivity index (χ4v) is 0.834. The molecule has 0 fully saturated rings. The Morgan fingerprint density at radius 2 is 1.80 bits per heavy atom. The molecule has 0 aromatic heterocycles. The highest BCUT2D eigenvalue weighted by atomic mass is 35.5. The number of rotatable bonds is 3. The van der Waals surface area contributed by atoms with Crippen molar-refractivity contribution >= 4 is 24.1 Å². The molecule has 15 heavy (non-hydrogen) atoms. The average Bonchev–Trinajstić information content (AvgIpc) is 2.28. The maximum atomic E-state index is 9.43. The summed E-state index contributed by atoms with van der Waals surface area (Å²) in [6, 6.07) is 10.1. The zero-order chi connectivity index (χ0) is 11.5. The summed E-state index contributed by atoms with van der Waals surface area (Å²) in [6.07, 6.45) is 4.68. The van der Waals surface area contributed by atoms with Crippen molar-refractivity contribution in [3.05, 3.63) is 42.0 Å². The van der Waals surface area contributed by atoms with E-state index in [4.69, 9.17) is 11.6 Å². The number of alkyl halides is 1. The Morgan fingerprint density at radius 3 is 2.20 bits per heavy atom. The van der Waals surface area contributed by atoms with Gasteiger partial charge in [0.1, 0.15) is 0 Å². The number of hydrogen-bond donors (Lipinski definition) is 0. The van der Waals surface area contributed by atoms with Crippen molar-refractivity contribution in [2.75, 3.05) is 20.0 Å². The van der Waals surface area contributed by atoms with Crippen LogP contribution in [0.3, 0.4) is 0 Å². The highest BCUT2D eigenvalue weighted by Gasteiger charge is 1.79. The smallest absolute Gasteiger partial charge is 0.209 e. The molecule has 0 atom stereocenters. The molecule has 1 amide bonds. The van der Waals surface area contributed by atoms with Crippen LogP contribution in [0.2, 0.25) is 0 Å². The highest BCUT2D eigenvalue weighted by molar-refractivity contribution is 6.19. The van der Waals surface area contributed by atoms with Crippen molar-refractivity contribution in [1.29, 1.82) is 0 Å². The van der Waals surface area contributed by atoms with Crippen molar-refractivity contribution in [3.63, 3.8) is 0 Å². The molecule has 82 valence electrons. The predicted molar refractivity (Wildman–Crippen MR) is 65.9 cm³/mol. The van der Waals surface area contributed by atoms with Gasteiger partial charge in [-0.15, -0.1) is 11.6 Å². The van der Waals surface area contributed by atoms with Gasteiger partial charge < -0.3 is 4.90 Å². The molecule has 0 aliphatic rings. The van der Waals surface area contributed by atoms with Crippen LogP contribution in [0.1, 0.15) is 5.56 Å². The van der Waals surface area contributed by atoms with Crippen LogP contribution in [0.4, 0.5) is 0 Å². The Kier molecular flexibility index (Phi) is 8.49. The van der Waals surface area contributed by atoms with Gasteiger partial charge in [-0.3, -0.25) is 4.79 Å². The second-order valence-corrected chi connectivity index (χ2v) is 3.34. The molecule has 1 aromatic carbocycles. The summed E-state index contributed by atoms with van der Waals surface area (Å²) in [5, 5.41) is 0. The van der Waals surface area contributed by atoms with Gasteiger partial charge >= 0.3 is 0 Å². The van der Waals surface area contributed by atoms with Crippen molar-refractivity contribution in [1.82, 2.24) is 4.90 Å². The molecule has 0 bridgehead atoms. The fourth-order valence-electron chi connectivity index (χ4n) is 0.745. The number of nitrogens with zero attached hydrogens (tertiary/aromatic N) is 1. The predicted octanol–water partition coefficient (Wildman–Crippen LogP) is 2.64. The molecule has 3 heteroatoms. The van der Waals surface area contributed by atoms with Gasteiger partial charge in [0.05, 0.1) is 0 Å². The third kappa shape index (κ3) is 9.03. The Morgan fingerprint density at radius 1 is 1.27 bits per heavy atom. The molecular weight excluding hydrogens is 210 g/mol. The van der Waals surface area contributed by atoms with E-state index in [1.807, 2.05) is 42.5 Å². The normalized spacial score (nSPS) is 9.27. The van der Waals surface area contributed by atoms with Crippen LogP contribution in [0.15, 0.2) is 36.4 Å². The molecule has 2 nitrogen and oxygen atoms in total. The van der Waals surface area contributed by atoms with Crippen LogP contribution >= 0.6 is 11.6 Å². The molecule has 0 radical (unpaired) electrons. The molecule has 1 rings (SSSR count). The van der Waals surface area contributed by atoms with Gasteiger partial charge in [-0.25, -0.2) is 0 Å². The maximum absolute atomic E-state index is 9.43. The Bertz CT molecular complexity index is 283. The van der Waals surface area contributed by atoms with E-state index in [0.717, 1.165) is 6.41 Å². The van der Waals surface area contributed by atoms with Crippen molar-refractivity contribution in [2.45, 2.75) is 0 Å². The molecule has 0 aliphatic heterocycles. The summed E-state index contributed by atoms with van der Waals surface area (Å²) in [7, 11) is 3.38. The first-order chi connectivity index (χ1) is 7.20. The summed E-state index contributed by atoms with van der Waals surface area (Å²) in [6.45, 7) is 0. The first-order valence-corrected chi connectivity index (χ1v) is 5.13. The molecule has 0 saturated heterocycles. The number of hydrogen-bond acceptors (Lipinski definition) is 1. The number of carbonyl (C=O) groups is 1. The van der Waals surface area contributed by atoms with Gasteiger partial charge in [-0.1, -0.05) is 42.5 Å².